The van der Waals surface area contributed by atoms with Gasteiger partial charge in [-0.1, -0.05) is 6.07 Å². The fourth-order valence-corrected chi connectivity index (χ4v) is 3.33. The van der Waals surface area contributed by atoms with Crippen LogP contribution in [-0.4, -0.2) is 38.2 Å². The predicted molar refractivity (Wildman–Crippen MR) is 122 cm³/mol. The molecular weight excluding hydrogens is 408 g/mol. The highest BCUT2D eigenvalue weighted by molar-refractivity contribution is 5.91. The van der Waals surface area contributed by atoms with E-state index in [2.05, 4.69) is 15.3 Å². The smallest absolute Gasteiger partial charge is 0.412 e. The van der Waals surface area contributed by atoms with Gasteiger partial charge in [-0.3, -0.25) is 14.7 Å². The third-order valence-corrected chi connectivity index (χ3v) is 4.63. The summed E-state index contributed by atoms with van der Waals surface area (Å²) in [5, 5.41) is 2.72. The van der Waals surface area contributed by atoms with Crippen molar-refractivity contribution in [2.45, 2.75) is 26.4 Å². The van der Waals surface area contributed by atoms with E-state index >= 15 is 0 Å². The van der Waals surface area contributed by atoms with E-state index in [1.165, 1.54) is 7.11 Å². The Morgan fingerprint density at radius 3 is 2.53 bits per heavy atom. The van der Waals surface area contributed by atoms with Crippen molar-refractivity contribution in [3.05, 3.63) is 55.1 Å². The number of ether oxygens (including phenoxy) is 2. The molecule has 0 saturated carbocycles. The Morgan fingerprint density at radius 1 is 1.09 bits per heavy atom. The maximum Gasteiger partial charge on any atom is 0.412 e. The molecule has 9 heteroatoms. The highest BCUT2D eigenvalue weighted by atomic mass is 16.6. The molecule has 9 nitrogen and oxygen atoms in total. The number of carbonyl (C=O) groups excluding carboxylic acids is 1. The first kappa shape index (κ1) is 21.1. The number of hydrogen-bond acceptors (Lipinski definition) is 7. The Kier molecular flexibility index (Phi) is 5.40. The number of amides is 1. The standard InChI is InChI=1S/C23H24N6O3/c1-23(2,3)32-22(30)27-16-6-5-15(13-17(16)31-4)18-19-20(24)26-11-12-29(19)21(28-18)14-7-9-25-10-8-14/h5-13H,1-4H3,(H2,24,26)(H,27,30). The monoisotopic (exact) mass is 432 g/mol. The summed E-state index contributed by atoms with van der Waals surface area (Å²) >= 11 is 0. The lowest BCUT2D eigenvalue weighted by atomic mass is 10.1. The number of nitrogens with one attached hydrogen (secondary N) is 1. The van der Waals surface area contributed by atoms with Gasteiger partial charge in [0.1, 0.15) is 34.2 Å². The Hall–Kier alpha value is -4.14. The van der Waals surface area contributed by atoms with Gasteiger partial charge in [0.05, 0.1) is 12.8 Å². The molecular formula is C23H24N6O3. The molecule has 0 aliphatic rings. The number of nitrogens with zero attached hydrogens (tertiary/aromatic N) is 4. The van der Waals surface area contributed by atoms with E-state index in [1.807, 2.05) is 28.8 Å². The molecule has 4 aromatic rings. The number of carbonyl (C=O) groups is 1. The van der Waals surface area contributed by atoms with Crippen LogP contribution in [0.2, 0.25) is 0 Å². The zero-order valence-corrected chi connectivity index (χ0v) is 18.3. The second-order valence-corrected chi connectivity index (χ2v) is 8.09. The zero-order chi connectivity index (χ0) is 22.9. The molecule has 0 radical (unpaired) electrons. The van der Waals surface area contributed by atoms with E-state index in [-0.39, 0.29) is 0 Å². The van der Waals surface area contributed by atoms with Crippen molar-refractivity contribution in [3.8, 4) is 28.4 Å². The first-order chi connectivity index (χ1) is 15.3. The van der Waals surface area contributed by atoms with Crippen LogP contribution < -0.4 is 15.8 Å². The average molecular weight is 432 g/mol. The lowest BCUT2D eigenvalue weighted by Crippen LogP contribution is -2.27. The van der Waals surface area contributed by atoms with Crippen LogP contribution >= 0.6 is 0 Å². The summed E-state index contributed by atoms with van der Waals surface area (Å²) in [4.78, 5) is 25.4. The van der Waals surface area contributed by atoms with E-state index in [0.29, 0.717) is 34.3 Å². The molecule has 0 aliphatic carbocycles. The molecule has 0 aliphatic heterocycles. The predicted octanol–water partition coefficient (Wildman–Crippen LogP) is 4.40. The van der Waals surface area contributed by atoms with Gasteiger partial charge in [-0.2, -0.15) is 0 Å². The summed E-state index contributed by atoms with van der Waals surface area (Å²) in [5.41, 5.74) is 9.06. The van der Waals surface area contributed by atoms with Crippen LogP contribution in [0.15, 0.2) is 55.1 Å². The van der Waals surface area contributed by atoms with Crippen molar-refractivity contribution in [2.24, 2.45) is 0 Å². The fourth-order valence-electron chi connectivity index (χ4n) is 3.33. The molecule has 0 spiro atoms. The number of imidazole rings is 1. The molecule has 0 saturated heterocycles. The molecule has 3 aromatic heterocycles. The maximum atomic E-state index is 12.2. The number of nitrogen functional groups attached to an aromatic ring is 1. The number of pyridine rings is 1. The number of rotatable bonds is 4. The SMILES string of the molecule is COc1cc(-c2nc(-c3ccncc3)n3ccnc(N)c23)ccc1NC(=O)OC(C)(C)C. The quantitative estimate of drug-likeness (QED) is 0.491. The Balaban J connectivity index is 1.79. The van der Waals surface area contributed by atoms with E-state index in [0.717, 1.165) is 11.1 Å². The van der Waals surface area contributed by atoms with Crippen molar-refractivity contribution in [1.29, 1.82) is 0 Å². The van der Waals surface area contributed by atoms with Crippen molar-refractivity contribution in [3.63, 3.8) is 0 Å². The summed E-state index contributed by atoms with van der Waals surface area (Å²) < 4.78 is 12.7. The van der Waals surface area contributed by atoms with Gasteiger partial charge in [-0.15, -0.1) is 0 Å². The fraction of sp³-hybridized carbons (Fsp3) is 0.217. The molecule has 0 atom stereocenters. The number of benzene rings is 1. The minimum absolute atomic E-state index is 0.352. The van der Waals surface area contributed by atoms with Crippen molar-refractivity contribution >= 4 is 23.1 Å². The molecule has 0 bridgehead atoms. The third-order valence-electron chi connectivity index (χ3n) is 4.63. The van der Waals surface area contributed by atoms with Crippen LogP contribution in [0.25, 0.3) is 28.2 Å². The number of aromatic nitrogens is 4. The van der Waals surface area contributed by atoms with E-state index < -0.39 is 11.7 Å². The van der Waals surface area contributed by atoms with Crippen molar-refractivity contribution < 1.29 is 14.3 Å². The number of anilines is 2. The molecule has 4 rings (SSSR count). The van der Waals surface area contributed by atoms with Gasteiger partial charge in [0.25, 0.3) is 0 Å². The van der Waals surface area contributed by atoms with Crippen molar-refractivity contribution in [2.75, 3.05) is 18.2 Å². The van der Waals surface area contributed by atoms with E-state index in [1.54, 1.807) is 51.5 Å². The third kappa shape index (κ3) is 4.18. The molecule has 1 aromatic carbocycles. The summed E-state index contributed by atoms with van der Waals surface area (Å²) in [7, 11) is 1.53. The minimum Gasteiger partial charge on any atom is -0.495 e. The topological polar surface area (TPSA) is 117 Å². The van der Waals surface area contributed by atoms with Crippen LogP contribution in [0, 0.1) is 0 Å². The molecule has 0 unspecified atom stereocenters. The molecule has 3 N–H and O–H groups in total. The van der Waals surface area contributed by atoms with Gasteiger partial charge in [0, 0.05) is 35.9 Å². The first-order valence-electron chi connectivity index (χ1n) is 9.98. The van der Waals surface area contributed by atoms with Gasteiger partial charge in [-0.25, -0.2) is 14.8 Å². The molecule has 0 fully saturated rings. The van der Waals surface area contributed by atoms with Gasteiger partial charge >= 0.3 is 6.09 Å². The largest absolute Gasteiger partial charge is 0.495 e. The molecule has 164 valence electrons. The van der Waals surface area contributed by atoms with E-state index in [4.69, 9.17) is 20.2 Å². The van der Waals surface area contributed by atoms with Crippen LogP contribution in [0.4, 0.5) is 16.3 Å². The van der Waals surface area contributed by atoms with Crippen molar-refractivity contribution in [1.82, 2.24) is 19.4 Å². The number of nitrogens with two attached hydrogens (primary N) is 1. The Morgan fingerprint density at radius 2 is 1.84 bits per heavy atom. The average Bonchev–Trinajstić information content (AvgIpc) is 3.14. The Labute approximate surface area is 185 Å². The molecule has 3 heterocycles. The lowest BCUT2D eigenvalue weighted by molar-refractivity contribution is 0.0635. The van der Waals surface area contributed by atoms with Gasteiger partial charge in [0.15, 0.2) is 0 Å². The maximum absolute atomic E-state index is 12.2. The molecule has 32 heavy (non-hydrogen) atoms. The zero-order valence-electron chi connectivity index (χ0n) is 18.3. The second-order valence-electron chi connectivity index (χ2n) is 8.09. The summed E-state index contributed by atoms with van der Waals surface area (Å²) in [6.45, 7) is 5.40. The second kappa shape index (κ2) is 8.18. The normalized spacial score (nSPS) is 11.4. The number of hydrogen-bond donors (Lipinski definition) is 2. The number of fused-ring (bicyclic) bond motifs is 1. The highest BCUT2D eigenvalue weighted by Gasteiger charge is 2.20. The summed E-state index contributed by atoms with van der Waals surface area (Å²) in [6, 6.07) is 9.12. The van der Waals surface area contributed by atoms with Crippen LogP contribution in [0.1, 0.15) is 20.8 Å². The first-order valence-corrected chi connectivity index (χ1v) is 9.98. The summed E-state index contributed by atoms with van der Waals surface area (Å²) in [6.07, 6.45) is 6.30. The summed E-state index contributed by atoms with van der Waals surface area (Å²) in [5.74, 6) is 1.52. The van der Waals surface area contributed by atoms with E-state index in [9.17, 15) is 4.79 Å². The highest BCUT2D eigenvalue weighted by Crippen LogP contribution is 2.36. The van der Waals surface area contributed by atoms with Crippen LogP contribution in [-0.2, 0) is 4.74 Å². The van der Waals surface area contributed by atoms with Gasteiger partial charge < -0.3 is 15.2 Å². The van der Waals surface area contributed by atoms with Crippen LogP contribution in [0.3, 0.4) is 0 Å². The van der Waals surface area contributed by atoms with Crippen LogP contribution in [0.5, 0.6) is 5.75 Å². The van der Waals surface area contributed by atoms with Gasteiger partial charge in [0.2, 0.25) is 0 Å². The minimum atomic E-state index is -0.611. The molecule has 1 amide bonds. The lowest BCUT2D eigenvalue weighted by Gasteiger charge is -2.20. The number of methoxy groups -OCH3 is 1. The van der Waals surface area contributed by atoms with Gasteiger partial charge in [-0.05, 0) is 45.0 Å². The Bertz CT molecular complexity index is 1280.